The van der Waals surface area contributed by atoms with Crippen LogP contribution in [0.5, 0.6) is 0 Å². The van der Waals surface area contributed by atoms with E-state index in [1.165, 1.54) is 0 Å². The minimum Gasteiger partial charge on any atom is -0.396 e. The Labute approximate surface area is 98.4 Å². The molecule has 0 aliphatic carbocycles. The van der Waals surface area contributed by atoms with E-state index in [1.54, 1.807) is 0 Å². The highest BCUT2D eigenvalue weighted by molar-refractivity contribution is 5.22. The second kappa shape index (κ2) is 11.0. The van der Waals surface area contributed by atoms with Gasteiger partial charge in [0.2, 0.25) is 0 Å². The van der Waals surface area contributed by atoms with Crippen molar-refractivity contribution in [3.05, 3.63) is 0 Å². The van der Waals surface area contributed by atoms with Gasteiger partial charge in [-0.3, -0.25) is 9.89 Å². The molecule has 16 heavy (non-hydrogen) atoms. The van der Waals surface area contributed by atoms with Crippen LogP contribution in [0.4, 0.5) is 0 Å². The lowest BCUT2D eigenvalue weighted by Crippen LogP contribution is -2.35. The van der Waals surface area contributed by atoms with Crippen molar-refractivity contribution in [1.82, 2.24) is 9.80 Å². The van der Waals surface area contributed by atoms with Crippen LogP contribution in [0.25, 0.3) is 0 Å². The van der Waals surface area contributed by atoms with Crippen molar-refractivity contribution in [3.63, 3.8) is 0 Å². The highest BCUT2D eigenvalue weighted by atomic mass is 16.3. The van der Waals surface area contributed by atoms with E-state index in [0.29, 0.717) is 6.67 Å². The van der Waals surface area contributed by atoms with Gasteiger partial charge in [-0.15, -0.1) is 0 Å². The van der Waals surface area contributed by atoms with Gasteiger partial charge in [-0.25, -0.2) is 0 Å². The topological polar surface area (TPSA) is 59.3 Å². The molecule has 5 nitrogen and oxygen atoms in total. The summed E-state index contributed by atoms with van der Waals surface area (Å²) in [5.74, 6) is 0. The lowest BCUT2D eigenvalue weighted by Gasteiger charge is -2.24. The lowest BCUT2D eigenvalue weighted by molar-refractivity contribution is 0.184. The van der Waals surface area contributed by atoms with Crippen molar-refractivity contribution in [1.29, 1.82) is 0 Å². The van der Waals surface area contributed by atoms with Crippen LogP contribution in [0.15, 0.2) is 4.99 Å². The minimum atomic E-state index is 0.222. The molecule has 0 radical (unpaired) electrons. The highest BCUT2D eigenvalue weighted by Crippen LogP contribution is 1.95. The third kappa shape index (κ3) is 8.79. The van der Waals surface area contributed by atoms with Crippen molar-refractivity contribution < 1.29 is 10.2 Å². The predicted octanol–water partition coefficient (Wildman–Crippen LogP) is -0.357. The maximum absolute atomic E-state index is 8.79. The molecule has 0 saturated heterocycles. The Kier molecular flexibility index (Phi) is 10.7. The van der Waals surface area contributed by atoms with Crippen LogP contribution in [-0.2, 0) is 0 Å². The summed E-state index contributed by atoms with van der Waals surface area (Å²) in [6, 6.07) is 0. The number of likely N-dealkylation sites (N-methyl/N-ethyl adjacent to an activating group) is 1. The fourth-order valence-corrected chi connectivity index (χ4v) is 1.48. The maximum Gasteiger partial charge on any atom is 0.0900 e. The molecule has 0 aromatic carbocycles. The number of aliphatic hydroxyl groups excluding tert-OH is 2. The second-order valence-corrected chi connectivity index (χ2v) is 3.94. The van der Waals surface area contributed by atoms with Crippen molar-refractivity contribution in [2.45, 2.75) is 12.8 Å². The number of hydrogen-bond acceptors (Lipinski definition) is 5. The summed E-state index contributed by atoms with van der Waals surface area (Å²) in [5.41, 5.74) is 0. The highest BCUT2D eigenvalue weighted by Gasteiger charge is 2.05. The molecule has 0 fully saturated rings. The zero-order chi connectivity index (χ0) is 12.2. The second-order valence-electron chi connectivity index (χ2n) is 3.94. The lowest BCUT2D eigenvalue weighted by atomic mass is 10.3. The first-order chi connectivity index (χ1) is 7.74. The van der Waals surface area contributed by atoms with Gasteiger partial charge in [0.15, 0.2) is 0 Å². The van der Waals surface area contributed by atoms with Crippen LogP contribution in [0.3, 0.4) is 0 Å². The average Bonchev–Trinajstić information content (AvgIpc) is 2.28. The first-order valence-corrected chi connectivity index (χ1v) is 5.79. The monoisotopic (exact) mass is 231 g/mol. The molecular weight excluding hydrogens is 206 g/mol. The molecule has 5 heteroatoms. The van der Waals surface area contributed by atoms with E-state index in [4.69, 9.17) is 10.2 Å². The third-order valence-electron chi connectivity index (χ3n) is 2.40. The SMILES string of the molecule is C=NCN(C)CCN(CCCO)CCCO. The summed E-state index contributed by atoms with van der Waals surface area (Å²) in [6.07, 6.45) is 1.57. The van der Waals surface area contributed by atoms with Crippen LogP contribution in [0, 0.1) is 0 Å². The quantitative estimate of drug-likeness (QED) is 0.477. The molecule has 0 aliphatic heterocycles. The Morgan fingerprint density at radius 3 is 2.00 bits per heavy atom. The molecule has 0 bridgehead atoms. The minimum absolute atomic E-state index is 0.222. The number of aliphatic hydroxyl groups is 2. The van der Waals surface area contributed by atoms with Crippen molar-refractivity contribution in [2.24, 2.45) is 4.99 Å². The zero-order valence-corrected chi connectivity index (χ0v) is 10.3. The molecule has 0 rings (SSSR count). The fraction of sp³-hybridized carbons (Fsp3) is 0.909. The summed E-state index contributed by atoms with van der Waals surface area (Å²) in [4.78, 5) is 8.17. The van der Waals surface area contributed by atoms with E-state index in [9.17, 15) is 0 Å². The normalized spacial score (nSPS) is 11.3. The van der Waals surface area contributed by atoms with Crippen LogP contribution in [0.1, 0.15) is 12.8 Å². The van der Waals surface area contributed by atoms with Gasteiger partial charge < -0.3 is 15.1 Å². The molecule has 0 atom stereocenters. The third-order valence-corrected chi connectivity index (χ3v) is 2.40. The van der Waals surface area contributed by atoms with Crippen LogP contribution in [0.2, 0.25) is 0 Å². The summed E-state index contributed by atoms with van der Waals surface area (Å²) in [6.45, 7) is 8.17. The molecule has 0 unspecified atom stereocenters. The van der Waals surface area contributed by atoms with E-state index in [-0.39, 0.29) is 13.2 Å². The zero-order valence-electron chi connectivity index (χ0n) is 10.3. The van der Waals surface area contributed by atoms with Gasteiger partial charge in [0, 0.05) is 39.4 Å². The number of nitrogens with zero attached hydrogens (tertiary/aromatic N) is 3. The summed E-state index contributed by atoms with van der Waals surface area (Å²) >= 11 is 0. The molecule has 0 aliphatic rings. The van der Waals surface area contributed by atoms with Crippen molar-refractivity contribution in [2.75, 3.05) is 53.1 Å². The Bertz CT molecular complexity index is 159. The largest absolute Gasteiger partial charge is 0.396 e. The van der Waals surface area contributed by atoms with Crippen molar-refractivity contribution >= 4 is 6.72 Å². The maximum atomic E-state index is 8.79. The van der Waals surface area contributed by atoms with E-state index < -0.39 is 0 Å². The Morgan fingerprint density at radius 2 is 1.56 bits per heavy atom. The van der Waals surface area contributed by atoms with E-state index >= 15 is 0 Å². The standard InChI is InChI=1S/C11H25N3O2/c1-12-11-13(2)7-8-14(5-3-9-15)6-4-10-16/h15-16H,1,3-11H2,2H3. The molecule has 0 amide bonds. The van der Waals surface area contributed by atoms with E-state index in [2.05, 4.69) is 21.5 Å². The van der Waals surface area contributed by atoms with Gasteiger partial charge >= 0.3 is 0 Å². The first kappa shape index (κ1) is 15.5. The Morgan fingerprint density at radius 1 is 1.00 bits per heavy atom. The molecule has 96 valence electrons. The number of aliphatic imine (C=N–C) groups is 1. The molecule has 0 aromatic heterocycles. The van der Waals surface area contributed by atoms with Gasteiger partial charge in [-0.2, -0.15) is 0 Å². The van der Waals surface area contributed by atoms with Gasteiger partial charge in [0.05, 0.1) is 6.67 Å². The number of rotatable bonds is 11. The molecule has 0 aromatic rings. The van der Waals surface area contributed by atoms with Gasteiger partial charge in [0.1, 0.15) is 0 Å². The van der Waals surface area contributed by atoms with E-state index in [0.717, 1.165) is 39.0 Å². The smallest absolute Gasteiger partial charge is 0.0900 e. The van der Waals surface area contributed by atoms with Crippen LogP contribution in [-0.4, -0.2) is 79.8 Å². The fourth-order valence-electron chi connectivity index (χ4n) is 1.48. The molecule has 2 N–H and O–H groups in total. The summed E-state index contributed by atoms with van der Waals surface area (Å²) in [7, 11) is 2.00. The van der Waals surface area contributed by atoms with Crippen LogP contribution < -0.4 is 0 Å². The number of hydrogen-bond donors (Lipinski definition) is 2. The first-order valence-electron chi connectivity index (χ1n) is 5.79. The Balaban J connectivity index is 3.75. The average molecular weight is 231 g/mol. The molecule has 0 saturated carbocycles. The van der Waals surface area contributed by atoms with Gasteiger partial charge in [0.25, 0.3) is 0 Å². The van der Waals surface area contributed by atoms with Gasteiger partial charge in [-0.05, 0) is 26.6 Å². The summed E-state index contributed by atoms with van der Waals surface area (Å²) in [5, 5.41) is 17.6. The Hall–Kier alpha value is -0.490. The van der Waals surface area contributed by atoms with E-state index in [1.807, 2.05) is 7.05 Å². The van der Waals surface area contributed by atoms with Crippen LogP contribution >= 0.6 is 0 Å². The predicted molar refractivity (Wildman–Crippen MR) is 66.9 cm³/mol. The molecule has 0 spiro atoms. The molecular formula is C11H25N3O2. The summed E-state index contributed by atoms with van der Waals surface area (Å²) < 4.78 is 0. The molecule has 0 heterocycles. The van der Waals surface area contributed by atoms with Crippen molar-refractivity contribution in [3.8, 4) is 0 Å². The van der Waals surface area contributed by atoms with Gasteiger partial charge in [-0.1, -0.05) is 0 Å².